The van der Waals surface area contributed by atoms with E-state index in [9.17, 15) is 14.7 Å². The summed E-state index contributed by atoms with van der Waals surface area (Å²) in [5, 5.41) is 9.53. The third kappa shape index (κ3) is 36.2. The highest BCUT2D eigenvalue weighted by Crippen LogP contribution is 2.09. The van der Waals surface area contributed by atoms with Crippen LogP contribution in [-0.4, -0.2) is 36.4 Å². The molecular weight excluding hydrogens is 596 g/mol. The van der Waals surface area contributed by atoms with Crippen molar-refractivity contribution in [3.05, 3.63) is 72.9 Å². The summed E-state index contributed by atoms with van der Waals surface area (Å²) >= 11 is 0. The minimum absolute atomic E-state index is 0.115. The van der Waals surface area contributed by atoms with Crippen LogP contribution < -0.4 is 0 Å². The second-order valence-electron chi connectivity index (χ2n) is 12.6. The lowest BCUT2D eigenvalue weighted by Gasteiger charge is -2.15. The fraction of sp³-hybridized carbons (Fsp3) is 0.674. The fourth-order valence-corrected chi connectivity index (χ4v) is 5.00. The molecule has 0 saturated heterocycles. The largest absolute Gasteiger partial charge is 0.462 e. The number of ether oxygens (including phenoxy) is 2. The number of unbranched alkanes of at least 4 members (excludes halogenated alkanes) is 14. The van der Waals surface area contributed by atoms with E-state index in [-0.39, 0.29) is 31.6 Å². The predicted octanol–water partition coefficient (Wildman–Crippen LogP) is 12.2. The first-order chi connectivity index (χ1) is 23.6. The molecule has 0 amide bonds. The Kier molecular flexibility index (Phi) is 36.6. The molecule has 0 bridgehead atoms. The number of allylic oxidation sites excluding steroid dienone is 12. The van der Waals surface area contributed by atoms with E-state index in [0.717, 1.165) is 38.5 Å². The van der Waals surface area contributed by atoms with Crippen LogP contribution in [-0.2, 0) is 19.1 Å². The number of hydrogen-bond donors (Lipinski definition) is 1. The number of carbonyl (C=O) groups is 2. The van der Waals surface area contributed by atoms with E-state index in [1.54, 1.807) is 0 Å². The van der Waals surface area contributed by atoms with Crippen molar-refractivity contribution in [3.8, 4) is 0 Å². The molecule has 0 aliphatic carbocycles. The lowest BCUT2D eigenvalue weighted by Crippen LogP contribution is -2.28. The van der Waals surface area contributed by atoms with E-state index in [0.29, 0.717) is 19.3 Å². The zero-order valence-corrected chi connectivity index (χ0v) is 31.0. The van der Waals surface area contributed by atoms with Crippen LogP contribution in [0.3, 0.4) is 0 Å². The van der Waals surface area contributed by atoms with Gasteiger partial charge in [-0.05, 0) is 77.0 Å². The van der Waals surface area contributed by atoms with Crippen LogP contribution in [0.2, 0.25) is 0 Å². The topological polar surface area (TPSA) is 72.8 Å². The Morgan fingerprint density at radius 3 is 1.25 bits per heavy atom. The summed E-state index contributed by atoms with van der Waals surface area (Å²) in [6.45, 7) is 4.02. The first-order valence-electron chi connectivity index (χ1n) is 19.5. The number of esters is 2. The maximum atomic E-state index is 12.1. The molecule has 0 heterocycles. The van der Waals surface area contributed by atoms with Crippen LogP contribution in [0.25, 0.3) is 0 Å². The monoisotopic (exact) mass is 669 g/mol. The quantitative estimate of drug-likeness (QED) is 0.0420. The minimum atomic E-state index is -0.820. The van der Waals surface area contributed by atoms with Crippen LogP contribution in [0.1, 0.15) is 168 Å². The second kappa shape index (κ2) is 38.8. The number of aliphatic hydroxyl groups excluding tert-OH is 1. The first-order valence-corrected chi connectivity index (χ1v) is 19.5. The summed E-state index contributed by atoms with van der Waals surface area (Å²) in [5.41, 5.74) is 0. The standard InChI is InChI=1S/C43H72O5/c1-3-5-7-9-11-13-15-17-19-21-23-25-27-29-31-33-35-37-42(45)47-40-41(39-44)48-43(46)38-36-34-32-30-28-26-24-22-20-18-16-14-12-10-8-6-4-2/h17-20,23-26,29-32,41,44H,3-16,21-22,27-28,33-40H2,1-2H3/t41-/m0/s1. The Labute approximate surface area is 295 Å². The SMILES string of the molecule is CCCCCCCCC=CCC=CCC=CCCCC(=O)OC[C@H](CO)OC(=O)CCCC=CCC=CCC=CCCCCCCCC. The van der Waals surface area contributed by atoms with E-state index in [4.69, 9.17) is 9.47 Å². The van der Waals surface area contributed by atoms with Gasteiger partial charge in [-0.25, -0.2) is 0 Å². The molecule has 0 saturated carbocycles. The number of rotatable bonds is 34. The van der Waals surface area contributed by atoms with Gasteiger partial charge >= 0.3 is 11.9 Å². The van der Waals surface area contributed by atoms with Crippen LogP contribution in [0.15, 0.2) is 72.9 Å². The Balaban J connectivity index is 3.75. The van der Waals surface area contributed by atoms with Crippen molar-refractivity contribution in [2.45, 2.75) is 174 Å². The lowest BCUT2D eigenvalue weighted by molar-refractivity contribution is -0.161. The molecule has 0 spiro atoms. The van der Waals surface area contributed by atoms with Gasteiger partial charge in [-0.1, -0.05) is 151 Å². The molecule has 0 rings (SSSR count). The van der Waals surface area contributed by atoms with Gasteiger partial charge in [0.05, 0.1) is 6.61 Å². The molecule has 0 aliphatic heterocycles. The van der Waals surface area contributed by atoms with Crippen LogP contribution in [0.5, 0.6) is 0 Å². The summed E-state index contributed by atoms with van der Waals surface area (Å²) in [5.74, 6) is -0.719. The summed E-state index contributed by atoms with van der Waals surface area (Å²) in [6.07, 6.45) is 51.1. The van der Waals surface area contributed by atoms with Crippen LogP contribution in [0.4, 0.5) is 0 Å². The van der Waals surface area contributed by atoms with E-state index in [1.165, 1.54) is 89.9 Å². The summed E-state index contributed by atoms with van der Waals surface area (Å²) in [4.78, 5) is 24.2. The van der Waals surface area contributed by atoms with Crippen LogP contribution >= 0.6 is 0 Å². The average molecular weight is 669 g/mol. The van der Waals surface area contributed by atoms with Crippen molar-refractivity contribution >= 4 is 11.9 Å². The van der Waals surface area contributed by atoms with Crippen molar-refractivity contribution in [2.24, 2.45) is 0 Å². The van der Waals surface area contributed by atoms with Gasteiger partial charge in [0.2, 0.25) is 0 Å². The van der Waals surface area contributed by atoms with Crippen molar-refractivity contribution in [2.75, 3.05) is 13.2 Å². The Hall–Kier alpha value is -2.66. The molecule has 0 radical (unpaired) electrons. The van der Waals surface area contributed by atoms with Gasteiger partial charge in [0.15, 0.2) is 6.10 Å². The maximum absolute atomic E-state index is 12.1. The number of hydrogen-bond acceptors (Lipinski definition) is 5. The molecule has 1 atom stereocenters. The first kappa shape index (κ1) is 45.3. The zero-order chi connectivity index (χ0) is 35.0. The molecular formula is C43H72O5. The Morgan fingerprint density at radius 1 is 0.479 bits per heavy atom. The highest BCUT2D eigenvalue weighted by Gasteiger charge is 2.15. The molecule has 1 N–H and O–H groups in total. The molecule has 274 valence electrons. The molecule has 0 aromatic heterocycles. The van der Waals surface area contributed by atoms with Crippen molar-refractivity contribution in [1.82, 2.24) is 0 Å². The highest BCUT2D eigenvalue weighted by molar-refractivity contribution is 5.70. The van der Waals surface area contributed by atoms with Gasteiger partial charge in [0, 0.05) is 12.8 Å². The third-order valence-corrected chi connectivity index (χ3v) is 7.97. The number of carbonyl (C=O) groups excluding carboxylic acids is 2. The summed E-state index contributed by atoms with van der Waals surface area (Å²) in [6, 6.07) is 0. The minimum Gasteiger partial charge on any atom is -0.462 e. The van der Waals surface area contributed by atoms with Gasteiger partial charge in [-0.15, -0.1) is 0 Å². The zero-order valence-electron chi connectivity index (χ0n) is 31.0. The number of aliphatic hydroxyl groups is 1. The maximum Gasteiger partial charge on any atom is 0.306 e. The van der Waals surface area contributed by atoms with Crippen molar-refractivity contribution in [1.29, 1.82) is 0 Å². The Bertz CT molecular complexity index is 895. The van der Waals surface area contributed by atoms with Crippen molar-refractivity contribution in [3.63, 3.8) is 0 Å². The molecule has 5 nitrogen and oxygen atoms in total. The smallest absolute Gasteiger partial charge is 0.306 e. The summed E-state index contributed by atoms with van der Waals surface area (Å²) < 4.78 is 10.5. The van der Waals surface area contributed by atoms with Gasteiger partial charge in [-0.3, -0.25) is 9.59 Å². The molecule has 0 aromatic rings. The summed E-state index contributed by atoms with van der Waals surface area (Å²) in [7, 11) is 0. The Morgan fingerprint density at radius 2 is 0.833 bits per heavy atom. The third-order valence-electron chi connectivity index (χ3n) is 7.97. The molecule has 0 aliphatic rings. The second-order valence-corrected chi connectivity index (χ2v) is 12.6. The van der Waals surface area contributed by atoms with Gasteiger partial charge in [-0.2, -0.15) is 0 Å². The van der Waals surface area contributed by atoms with E-state index in [1.807, 2.05) is 0 Å². The highest BCUT2D eigenvalue weighted by atomic mass is 16.6. The molecule has 0 aromatic carbocycles. The van der Waals surface area contributed by atoms with Crippen LogP contribution in [0, 0.1) is 0 Å². The predicted molar refractivity (Wildman–Crippen MR) is 205 cm³/mol. The van der Waals surface area contributed by atoms with Crippen molar-refractivity contribution < 1.29 is 24.2 Å². The normalized spacial score (nSPS) is 13.0. The van der Waals surface area contributed by atoms with E-state index in [2.05, 4.69) is 86.8 Å². The average Bonchev–Trinajstić information content (AvgIpc) is 3.09. The van der Waals surface area contributed by atoms with Gasteiger partial charge < -0.3 is 14.6 Å². The fourth-order valence-electron chi connectivity index (χ4n) is 5.00. The molecule has 5 heteroatoms. The van der Waals surface area contributed by atoms with E-state index < -0.39 is 6.10 Å². The molecule has 0 unspecified atom stereocenters. The lowest BCUT2D eigenvalue weighted by atomic mass is 10.1. The van der Waals surface area contributed by atoms with Gasteiger partial charge in [0.1, 0.15) is 6.61 Å². The van der Waals surface area contributed by atoms with Gasteiger partial charge in [0.25, 0.3) is 0 Å². The molecule has 48 heavy (non-hydrogen) atoms. The van der Waals surface area contributed by atoms with E-state index >= 15 is 0 Å². The molecule has 0 fully saturated rings.